The lowest BCUT2D eigenvalue weighted by Gasteiger charge is -2.32. The zero-order chi connectivity index (χ0) is 15.0. The summed E-state index contributed by atoms with van der Waals surface area (Å²) in [6.45, 7) is 4.53. The maximum atomic E-state index is 12.8. The molecule has 1 aliphatic rings. The summed E-state index contributed by atoms with van der Waals surface area (Å²) >= 11 is 0. The van der Waals surface area contributed by atoms with Crippen LogP contribution >= 0.6 is 0 Å². The van der Waals surface area contributed by atoms with Crippen LogP contribution in [-0.2, 0) is 6.54 Å². The van der Waals surface area contributed by atoms with Crippen LogP contribution in [0.3, 0.4) is 0 Å². The molecule has 0 spiro atoms. The average molecular weight is 287 g/mol. The van der Waals surface area contributed by atoms with E-state index in [1.807, 2.05) is 19.1 Å². The predicted octanol–water partition coefficient (Wildman–Crippen LogP) is 3.77. The number of oxazole rings is 1. The Labute approximate surface area is 123 Å². The number of ketones is 1. The van der Waals surface area contributed by atoms with Crippen LogP contribution in [0.2, 0.25) is 0 Å². The number of rotatable bonds is 3. The minimum atomic E-state index is -0.360. The summed E-state index contributed by atoms with van der Waals surface area (Å²) in [7, 11) is 0. The van der Waals surface area contributed by atoms with Gasteiger partial charge in [0, 0.05) is 17.5 Å². The number of Topliss-reactive ketones (excluding diaryl/α,β-unsaturated/α-hetero) is 1. The van der Waals surface area contributed by atoms with E-state index in [9.17, 15) is 9.59 Å². The molecule has 3 rings (SSSR count). The lowest BCUT2D eigenvalue weighted by Crippen LogP contribution is -2.30. The lowest BCUT2D eigenvalue weighted by molar-refractivity contribution is 0.0749. The van der Waals surface area contributed by atoms with Gasteiger partial charge in [0.15, 0.2) is 11.4 Å². The summed E-state index contributed by atoms with van der Waals surface area (Å²) in [5, 5.41) is 0. The second kappa shape index (κ2) is 5.17. The molecule has 0 amide bonds. The van der Waals surface area contributed by atoms with Gasteiger partial charge in [-0.3, -0.25) is 9.36 Å². The molecular weight excluding hydrogens is 266 g/mol. The highest BCUT2D eigenvalue weighted by Gasteiger charge is 2.35. The molecule has 21 heavy (non-hydrogen) atoms. The van der Waals surface area contributed by atoms with E-state index in [1.165, 1.54) is 6.42 Å². The molecule has 0 radical (unpaired) electrons. The van der Waals surface area contributed by atoms with Gasteiger partial charge in [-0.05, 0) is 38.0 Å². The minimum Gasteiger partial charge on any atom is -0.408 e. The standard InChI is InChI=1S/C17H21NO3/c1-3-18-13-8-7-12(11-14(13)21-16(18)20)15(19)17(2)9-5-4-6-10-17/h7-8,11H,3-6,9-10H2,1-2H3. The topological polar surface area (TPSA) is 52.2 Å². The van der Waals surface area contributed by atoms with Crippen LogP contribution in [0, 0.1) is 5.41 Å². The van der Waals surface area contributed by atoms with Crippen LogP contribution in [0.4, 0.5) is 0 Å². The van der Waals surface area contributed by atoms with Gasteiger partial charge in [0.25, 0.3) is 0 Å². The van der Waals surface area contributed by atoms with Gasteiger partial charge in [0.1, 0.15) is 0 Å². The summed E-state index contributed by atoms with van der Waals surface area (Å²) in [6, 6.07) is 5.37. The molecule has 1 saturated carbocycles. The molecule has 1 aliphatic carbocycles. The third-order valence-corrected chi connectivity index (χ3v) is 4.75. The maximum absolute atomic E-state index is 12.8. The molecule has 0 N–H and O–H groups in total. The largest absolute Gasteiger partial charge is 0.419 e. The number of aryl methyl sites for hydroxylation is 1. The van der Waals surface area contributed by atoms with Crippen molar-refractivity contribution < 1.29 is 9.21 Å². The second-order valence-electron chi connectivity index (χ2n) is 6.25. The van der Waals surface area contributed by atoms with Crippen molar-refractivity contribution in [1.82, 2.24) is 4.57 Å². The lowest BCUT2D eigenvalue weighted by atomic mass is 9.71. The average Bonchev–Trinajstić information content (AvgIpc) is 2.81. The molecule has 1 fully saturated rings. The fraction of sp³-hybridized carbons (Fsp3) is 0.529. The predicted molar refractivity (Wildman–Crippen MR) is 81.7 cm³/mol. The van der Waals surface area contributed by atoms with Crippen molar-refractivity contribution in [3.05, 3.63) is 34.3 Å². The molecule has 1 aromatic carbocycles. The van der Waals surface area contributed by atoms with Gasteiger partial charge in [0.05, 0.1) is 5.52 Å². The minimum absolute atomic E-state index is 0.177. The van der Waals surface area contributed by atoms with Crippen LogP contribution in [0.5, 0.6) is 0 Å². The van der Waals surface area contributed by atoms with Crippen molar-refractivity contribution in [2.45, 2.75) is 52.5 Å². The molecule has 1 heterocycles. The van der Waals surface area contributed by atoms with Crippen LogP contribution in [0.15, 0.2) is 27.4 Å². The van der Waals surface area contributed by atoms with Crippen molar-refractivity contribution in [3.8, 4) is 0 Å². The Morgan fingerprint density at radius 3 is 2.67 bits per heavy atom. The molecule has 2 aromatic rings. The van der Waals surface area contributed by atoms with Crippen molar-refractivity contribution >= 4 is 16.9 Å². The molecule has 0 saturated heterocycles. The number of fused-ring (bicyclic) bond motifs is 1. The second-order valence-corrected chi connectivity index (χ2v) is 6.25. The van der Waals surface area contributed by atoms with Gasteiger partial charge in [-0.2, -0.15) is 0 Å². The number of aromatic nitrogens is 1. The summed E-state index contributed by atoms with van der Waals surface area (Å²) in [5.74, 6) is -0.183. The number of hydrogen-bond donors (Lipinski definition) is 0. The van der Waals surface area contributed by atoms with Gasteiger partial charge < -0.3 is 4.42 Å². The van der Waals surface area contributed by atoms with Crippen molar-refractivity contribution in [1.29, 1.82) is 0 Å². The van der Waals surface area contributed by atoms with Crippen LogP contribution in [-0.4, -0.2) is 10.4 Å². The zero-order valence-electron chi connectivity index (χ0n) is 12.6. The fourth-order valence-corrected chi connectivity index (χ4v) is 3.41. The summed E-state index contributed by atoms with van der Waals surface area (Å²) in [6.07, 6.45) is 5.35. The summed E-state index contributed by atoms with van der Waals surface area (Å²) in [5.41, 5.74) is 1.66. The Bertz CT molecular complexity index is 732. The van der Waals surface area contributed by atoms with Gasteiger partial charge in [-0.15, -0.1) is 0 Å². The van der Waals surface area contributed by atoms with E-state index < -0.39 is 0 Å². The first kappa shape index (κ1) is 14.1. The van der Waals surface area contributed by atoms with E-state index >= 15 is 0 Å². The van der Waals surface area contributed by atoms with Crippen LogP contribution in [0.25, 0.3) is 11.1 Å². The fourth-order valence-electron chi connectivity index (χ4n) is 3.41. The molecule has 1 aromatic heterocycles. The number of nitrogens with zero attached hydrogens (tertiary/aromatic N) is 1. The quantitative estimate of drug-likeness (QED) is 0.807. The number of benzene rings is 1. The Morgan fingerprint density at radius 2 is 2.00 bits per heavy atom. The molecule has 4 heteroatoms. The first-order chi connectivity index (χ1) is 10.0. The highest BCUT2D eigenvalue weighted by molar-refractivity contribution is 6.02. The first-order valence-corrected chi connectivity index (χ1v) is 7.73. The van der Waals surface area contributed by atoms with Crippen LogP contribution < -0.4 is 5.76 Å². The Morgan fingerprint density at radius 1 is 1.29 bits per heavy atom. The van der Waals surface area contributed by atoms with Crippen molar-refractivity contribution in [2.24, 2.45) is 5.41 Å². The molecule has 0 aliphatic heterocycles. The Hall–Kier alpha value is -1.84. The van der Waals surface area contributed by atoms with E-state index in [0.29, 0.717) is 17.7 Å². The maximum Gasteiger partial charge on any atom is 0.419 e. The summed E-state index contributed by atoms with van der Waals surface area (Å²) < 4.78 is 6.83. The molecule has 112 valence electrons. The van der Waals surface area contributed by atoms with E-state index in [4.69, 9.17) is 4.42 Å². The van der Waals surface area contributed by atoms with E-state index in [2.05, 4.69) is 6.92 Å². The third-order valence-electron chi connectivity index (χ3n) is 4.75. The third kappa shape index (κ3) is 2.33. The molecule has 0 atom stereocenters. The van der Waals surface area contributed by atoms with E-state index in [0.717, 1.165) is 31.2 Å². The normalized spacial score (nSPS) is 18.0. The Balaban J connectivity index is 2.01. The van der Waals surface area contributed by atoms with Crippen LogP contribution in [0.1, 0.15) is 56.3 Å². The molecule has 0 bridgehead atoms. The van der Waals surface area contributed by atoms with Gasteiger partial charge in [0.2, 0.25) is 0 Å². The number of carbonyl (C=O) groups is 1. The van der Waals surface area contributed by atoms with E-state index in [-0.39, 0.29) is 17.0 Å². The van der Waals surface area contributed by atoms with Gasteiger partial charge >= 0.3 is 5.76 Å². The molecular formula is C17H21NO3. The van der Waals surface area contributed by atoms with E-state index in [1.54, 1.807) is 10.6 Å². The summed E-state index contributed by atoms with van der Waals surface area (Å²) in [4.78, 5) is 24.5. The van der Waals surface area contributed by atoms with Crippen molar-refractivity contribution in [3.63, 3.8) is 0 Å². The SMILES string of the molecule is CCn1c(=O)oc2cc(C(=O)C3(C)CCCCC3)ccc21. The molecule has 0 unspecified atom stereocenters. The monoisotopic (exact) mass is 287 g/mol. The first-order valence-electron chi connectivity index (χ1n) is 7.73. The highest BCUT2D eigenvalue weighted by Crippen LogP contribution is 2.38. The van der Waals surface area contributed by atoms with Gasteiger partial charge in [-0.25, -0.2) is 4.79 Å². The highest BCUT2D eigenvalue weighted by atomic mass is 16.4. The zero-order valence-corrected chi connectivity index (χ0v) is 12.6. The van der Waals surface area contributed by atoms with Gasteiger partial charge in [-0.1, -0.05) is 26.2 Å². The number of hydrogen-bond acceptors (Lipinski definition) is 3. The smallest absolute Gasteiger partial charge is 0.408 e. The number of carbonyl (C=O) groups excluding carboxylic acids is 1. The molecule has 4 nitrogen and oxygen atoms in total. The van der Waals surface area contributed by atoms with Crippen molar-refractivity contribution in [2.75, 3.05) is 0 Å². The Kier molecular flexibility index (Phi) is 3.47.